The number of halogens is 1. The van der Waals surface area contributed by atoms with Gasteiger partial charge in [0.1, 0.15) is 11.4 Å². The zero-order valence-corrected chi connectivity index (χ0v) is 21.6. The molecule has 2 aromatic rings. The number of anilines is 1. The lowest BCUT2D eigenvalue weighted by molar-refractivity contribution is -0.136. The smallest absolute Gasteiger partial charge is 0.407 e. The molecule has 0 spiro atoms. The van der Waals surface area contributed by atoms with Gasteiger partial charge in [0, 0.05) is 19.3 Å². The van der Waals surface area contributed by atoms with Crippen molar-refractivity contribution >= 4 is 45.3 Å². The van der Waals surface area contributed by atoms with Crippen LogP contribution in [0.15, 0.2) is 53.6 Å². The molecule has 3 rings (SSSR count). The van der Waals surface area contributed by atoms with Crippen molar-refractivity contribution in [1.82, 2.24) is 19.9 Å². The van der Waals surface area contributed by atoms with Crippen molar-refractivity contribution in [1.29, 1.82) is 0 Å². The van der Waals surface area contributed by atoms with Gasteiger partial charge in [-0.15, -0.1) is 0 Å². The molecule has 0 bridgehead atoms. The number of ether oxygens (including phenoxy) is 1. The van der Waals surface area contributed by atoms with Gasteiger partial charge in [0.25, 0.3) is 0 Å². The van der Waals surface area contributed by atoms with E-state index in [1.54, 1.807) is 39.0 Å². The van der Waals surface area contributed by atoms with Crippen LogP contribution in [0.2, 0.25) is 5.02 Å². The minimum absolute atomic E-state index is 0.0645. The highest BCUT2D eigenvalue weighted by Gasteiger charge is 2.38. The SMILES string of the molecule is CC(C)(C)OC(=O)N[C@@H]1CN(S(=O)(=O)c2ccccc2)CC[C@@H]1NC(=O)C(=O)Nc1ccc(Cl)cn1. The quantitative estimate of drug-likeness (QED) is 0.495. The summed E-state index contributed by atoms with van der Waals surface area (Å²) in [7, 11) is -3.85. The molecule has 1 aliphatic rings. The Morgan fingerprint density at radius 2 is 1.72 bits per heavy atom. The predicted molar refractivity (Wildman–Crippen MR) is 133 cm³/mol. The van der Waals surface area contributed by atoms with Crippen LogP contribution >= 0.6 is 11.6 Å². The van der Waals surface area contributed by atoms with Crippen molar-refractivity contribution < 1.29 is 27.5 Å². The topological polar surface area (TPSA) is 147 Å². The number of hydrogen-bond donors (Lipinski definition) is 3. The van der Waals surface area contributed by atoms with E-state index in [4.69, 9.17) is 16.3 Å². The molecule has 1 aliphatic heterocycles. The number of carbonyl (C=O) groups is 3. The average molecular weight is 538 g/mol. The summed E-state index contributed by atoms with van der Waals surface area (Å²) < 4.78 is 32.8. The van der Waals surface area contributed by atoms with Crippen molar-refractivity contribution in [2.24, 2.45) is 0 Å². The van der Waals surface area contributed by atoms with Gasteiger partial charge in [-0.2, -0.15) is 4.31 Å². The Bertz CT molecular complexity index is 1200. The summed E-state index contributed by atoms with van der Waals surface area (Å²) >= 11 is 5.77. The number of alkyl carbamates (subject to hydrolysis) is 1. The van der Waals surface area contributed by atoms with Gasteiger partial charge in [0.2, 0.25) is 10.0 Å². The fourth-order valence-corrected chi connectivity index (χ4v) is 5.13. The number of nitrogens with one attached hydrogen (secondary N) is 3. The molecule has 0 aliphatic carbocycles. The molecular weight excluding hydrogens is 510 g/mol. The van der Waals surface area contributed by atoms with Crippen LogP contribution in [0.4, 0.5) is 10.6 Å². The minimum atomic E-state index is -3.85. The van der Waals surface area contributed by atoms with Gasteiger partial charge in [0.05, 0.1) is 22.0 Å². The molecule has 11 nitrogen and oxygen atoms in total. The highest BCUT2D eigenvalue weighted by atomic mass is 35.5. The highest BCUT2D eigenvalue weighted by molar-refractivity contribution is 7.89. The maximum Gasteiger partial charge on any atom is 0.407 e. The van der Waals surface area contributed by atoms with Crippen LogP contribution in [-0.2, 0) is 24.3 Å². The summed E-state index contributed by atoms with van der Waals surface area (Å²) in [5, 5.41) is 7.95. The Labute approximate surface area is 214 Å². The van der Waals surface area contributed by atoms with Crippen LogP contribution in [0, 0.1) is 0 Å². The van der Waals surface area contributed by atoms with Gasteiger partial charge >= 0.3 is 17.9 Å². The third-order valence-corrected chi connectivity index (χ3v) is 7.25. The standard InChI is InChI=1S/C23H28ClN5O6S/c1-23(2,3)35-22(32)27-18-14-29(36(33,34)16-7-5-4-6-8-16)12-11-17(18)26-20(30)21(31)28-19-10-9-15(24)13-25-19/h4-10,13,17-18H,11-12,14H2,1-3H3,(H,26,30)(H,27,32)(H,25,28,31)/t17-,18+/m0/s1. The van der Waals surface area contributed by atoms with Gasteiger partial charge in [-0.05, 0) is 51.5 Å². The number of sulfonamides is 1. The average Bonchev–Trinajstić information content (AvgIpc) is 2.80. The lowest BCUT2D eigenvalue weighted by atomic mass is 10.0. The Balaban J connectivity index is 1.74. The van der Waals surface area contributed by atoms with E-state index in [1.807, 2.05) is 0 Å². The maximum atomic E-state index is 13.1. The first-order chi connectivity index (χ1) is 16.8. The molecule has 1 fully saturated rings. The molecule has 194 valence electrons. The lowest BCUT2D eigenvalue weighted by Crippen LogP contribution is -2.62. The molecule has 0 radical (unpaired) electrons. The second kappa shape index (κ2) is 11.2. The van der Waals surface area contributed by atoms with Crippen LogP contribution in [0.5, 0.6) is 0 Å². The molecule has 1 saturated heterocycles. The van der Waals surface area contributed by atoms with Gasteiger partial charge in [0.15, 0.2) is 0 Å². The van der Waals surface area contributed by atoms with Gasteiger partial charge in [-0.1, -0.05) is 29.8 Å². The van der Waals surface area contributed by atoms with E-state index in [-0.39, 0.29) is 30.2 Å². The van der Waals surface area contributed by atoms with Crippen LogP contribution in [0.3, 0.4) is 0 Å². The Morgan fingerprint density at radius 3 is 2.33 bits per heavy atom. The summed E-state index contributed by atoms with van der Waals surface area (Å²) in [5.41, 5.74) is -0.793. The van der Waals surface area contributed by atoms with Gasteiger partial charge in [-0.25, -0.2) is 18.2 Å². The summed E-state index contributed by atoms with van der Waals surface area (Å²) in [4.78, 5) is 41.5. The molecule has 13 heteroatoms. The zero-order valence-electron chi connectivity index (χ0n) is 20.0. The number of hydrogen-bond acceptors (Lipinski definition) is 7. The molecule has 3 amide bonds. The fourth-order valence-electron chi connectivity index (χ4n) is 3.52. The molecule has 0 unspecified atom stereocenters. The number of amides is 3. The van der Waals surface area contributed by atoms with E-state index < -0.39 is 45.6 Å². The van der Waals surface area contributed by atoms with Crippen molar-refractivity contribution in [2.45, 2.75) is 49.8 Å². The van der Waals surface area contributed by atoms with Crippen LogP contribution in [-0.4, -0.2) is 66.4 Å². The first-order valence-electron chi connectivity index (χ1n) is 11.1. The molecule has 2 heterocycles. The highest BCUT2D eigenvalue weighted by Crippen LogP contribution is 2.21. The Hall–Kier alpha value is -3.22. The zero-order chi connectivity index (χ0) is 26.5. The number of piperidine rings is 1. The summed E-state index contributed by atoms with van der Waals surface area (Å²) in [6.45, 7) is 4.99. The molecule has 1 aromatic carbocycles. The first-order valence-corrected chi connectivity index (χ1v) is 12.9. The molecule has 0 saturated carbocycles. The number of pyridine rings is 1. The Kier molecular flexibility index (Phi) is 8.54. The van der Waals surface area contributed by atoms with Crippen molar-refractivity contribution in [2.75, 3.05) is 18.4 Å². The monoisotopic (exact) mass is 537 g/mol. The van der Waals surface area contributed by atoms with Crippen molar-refractivity contribution in [3.63, 3.8) is 0 Å². The van der Waals surface area contributed by atoms with Crippen molar-refractivity contribution in [3.8, 4) is 0 Å². The molecular formula is C23H28ClN5O6S. The summed E-state index contributed by atoms with van der Waals surface area (Å²) in [5.74, 6) is -1.81. The molecule has 36 heavy (non-hydrogen) atoms. The van der Waals surface area contributed by atoms with Crippen molar-refractivity contribution in [3.05, 3.63) is 53.7 Å². The van der Waals surface area contributed by atoms with E-state index in [0.29, 0.717) is 5.02 Å². The number of rotatable bonds is 5. The van der Waals surface area contributed by atoms with Crippen LogP contribution in [0.25, 0.3) is 0 Å². The third kappa shape index (κ3) is 7.39. The summed E-state index contributed by atoms with van der Waals surface area (Å²) in [6.07, 6.45) is 0.685. The van der Waals surface area contributed by atoms with E-state index in [1.165, 1.54) is 34.8 Å². The van der Waals surface area contributed by atoms with Gasteiger partial charge in [-0.3, -0.25) is 9.59 Å². The molecule has 2 atom stereocenters. The van der Waals surface area contributed by atoms with Gasteiger partial charge < -0.3 is 20.7 Å². The molecule has 3 N–H and O–H groups in total. The second-order valence-electron chi connectivity index (χ2n) is 9.11. The normalized spacial score (nSPS) is 18.7. The maximum absolute atomic E-state index is 13.1. The Morgan fingerprint density at radius 1 is 1.03 bits per heavy atom. The minimum Gasteiger partial charge on any atom is -0.444 e. The largest absolute Gasteiger partial charge is 0.444 e. The summed E-state index contributed by atoms with van der Waals surface area (Å²) in [6, 6.07) is 9.24. The fraction of sp³-hybridized carbons (Fsp3) is 0.391. The van der Waals surface area contributed by atoms with E-state index in [9.17, 15) is 22.8 Å². The van der Waals surface area contributed by atoms with E-state index in [2.05, 4.69) is 20.9 Å². The van der Waals surface area contributed by atoms with E-state index >= 15 is 0 Å². The third-order valence-electron chi connectivity index (χ3n) is 5.15. The first kappa shape index (κ1) is 27.4. The second-order valence-corrected chi connectivity index (χ2v) is 11.5. The number of carbonyl (C=O) groups excluding carboxylic acids is 3. The number of nitrogens with zero attached hydrogens (tertiary/aromatic N) is 2. The number of benzene rings is 1. The van der Waals surface area contributed by atoms with E-state index in [0.717, 1.165) is 0 Å². The van der Waals surface area contributed by atoms with Crippen LogP contribution in [0.1, 0.15) is 27.2 Å². The lowest BCUT2D eigenvalue weighted by Gasteiger charge is -2.38. The number of aromatic nitrogens is 1. The molecule has 1 aromatic heterocycles. The van der Waals surface area contributed by atoms with Crippen LogP contribution < -0.4 is 16.0 Å². The predicted octanol–water partition coefficient (Wildman–Crippen LogP) is 2.15.